The van der Waals surface area contributed by atoms with Crippen molar-refractivity contribution < 1.29 is 4.79 Å². The van der Waals surface area contributed by atoms with E-state index in [-0.39, 0.29) is 11.9 Å². The first-order valence-electron chi connectivity index (χ1n) is 5.26. The molecule has 1 amide bonds. The topological polar surface area (TPSA) is 54.0 Å². The SMILES string of the molecule is CCC(C)NC(=O)CCNc1nc(Cl)cs1. The Labute approximate surface area is 104 Å². The summed E-state index contributed by atoms with van der Waals surface area (Å²) in [4.78, 5) is 15.4. The van der Waals surface area contributed by atoms with Gasteiger partial charge in [0.2, 0.25) is 5.91 Å². The van der Waals surface area contributed by atoms with Gasteiger partial charge in [-0.2, -0.15) is 0 Å². The Hall–Kier alpha value is -0.810. The van der Waals surface area contributed by atoms with Crippen LogP contribution in [0.2, 0.25) is 5.15 Å². The van der Waals surface area contributed by atoms with Crippen molar-refractivity contribution in [1.29, 1.82) is 0 Å². The molecule has 2 N–H and O–H groups in total. The van der Waals surface area contributed by atoms with Crippen molar-refractivity contribution in [2.24, 2.45) is 0 Å². The number of nitrogens with zero attached hydrogens (tertiary/aromatic N) is 1. The Bertz CT molecular complexity index is 343. The van der Waals surface area contributed by atoms with Gasteiger partial charge in [-0.3, -0.25) is 4.79 Å². The number of amides is 1. The summed E-state index contributed by atoms with van der Waals surface area (Å²) >= 11 is 7.10. The molecule has 1 atom stereocenters. The largest absolute Gasteiger partial charge is 0.361 e. The fourth-order valence-corrected chi connectivity index (χ4v) is 1.93. The second-order valence-electron chi connectivity index (χ2n) is 3.53. The molecule has 1 rings (SSSR count). The van der Waals surface area contributed by atoms with Crippen LogP contribution in [-0.4, -0.2) is 23.5 Å². The highest BCUT2D eigenvalue weighted by molar-refractivity contribution is 7.14. The van der Waals surface area contributed by atoms with Crippen LogP contribution in [-0.2, 0) is 4.79 Å². The molecule has 0 fully saturated rings. The zero-order chi connectivity index (χ0) is 12.0. The smallest absolute Gasteiger partial charge is 0.221 e. The average molecular weight is 262 g/mol. The van der Waals surface area contributed by atoms with Gasteiger partial charge in [0.05, 0.1) is 0 Å². The van der Waals surface area contributed by atoms with Crippen LogP contribution in [0.25, 0.3) is 0 Å². The molecule has 0 aliphatic heterocycles. The zero-order valence-corrected chi connectivity index (χ0v) is 11.0. The molecule has 0 bridgehead atoms. The molecule has 0 saturated carbocycles. The first kappa shape index (κ1) is 13.3. The molecule has 0 saturated heterocycles. The Morgan fingerprint density at radius 2 is 2.44 bits per heavy atom. The third kappa shape index (κ3) is 4.81. The molecule has 1 unspecified atom stereocenters. The minimum Gasteiger partial charge on any atom is -0.361 e. The van der Waals surface area contributed by atoms with E-state index in [1.165, 1.54) is 11.3 Å². The third-order valence-electron chi connectivity index (χ3n) is 2.12. The minimum absolute atomic E-state index is 0.0597. The van der Waals surface area contributed by atoms with Crippen LogP contribution in [0, 0.1) is 0 Å². The normalized spacial score (nSPS) is 12.2. The number of rotatable bonds is 6. The van der Waals surface area contributed by atoms with Gasteiger partial charge in [0.25, 0.3) is 0 Å². The molecule has 6 heteroatoms. The van der Waals surface area contributed by atoms with Gasteiger partial charge >= 0.3 is 0 Å². The Morgan fingerprint density at radius 1 is 1.69 bits per heavy atom. The number of anilines is 1. The maximum absolute atomic E-state index is 11.4. The standard InChI is InChI=1S/C10H16ClN3OS/c1-3-7(2)13-9(15)4-5-12-10-14-8(11)6-16-10/h6-7H,3-5H2,1-2H3,(H,12,14)(H,13,15). The molecule has 1 heterocycles. The van der Waals surface area contributed by atoms with Crippen LogP contribution in [0.5, 0.6) is 0 Å². The molecule has 16 heavy (non-hydrogen) atoms. The lowest BCUT2D eigenvalue weighted by molar-refractivity contribution is -0.121. The lowest BCUT2D eigenvalue weighted by Gasteiger charge is -2.11. The van der Waals surface area contributed by atoms with E-state index in [0.717, 1.165) is 11.6 Å². The van der Waals surface area contributed by atoms with Crippen LogP contribution in [0.4, 0.5) is 5.13 Å². The first-order chi connectivity index (χ1) is 7.61. The summed E-state index contributed by atoms with van der Waals surface area (Å²) in [7, 11) is 0. The van der Waals surface area contributed by atoms with Gasteiger partial charge in [-0.05, 0) is 13.3 Å². The Morgan fingerprint density at radius 3 is 3.00 bits per heavy atom. The highest BCUT2D eigenvalue weighted by atomic mass is 35.5. The number of nitrogens with one attached hydrogen (secondary N) is 2. The van der Waals surface area contributed by atoms with Crippen LogP contribution in [0.3, 0.4) is 0 Å². The van der Waals surface area contributed by atoms with E-state index in [1.807, 2.05) is 13.8 Å². The second-order valence-corrected chi connectivity index (χ2v) is 4.77. The number of aromatic nitrogens is 1. The molecule has 0 radical (unpaired) electrons. The van der Waals surface area contributed by atoms with E-state index in [1.54, 1.807) is 5.38 Å². The van der Waals surface area contributed by atoms with Gasteiger partial charge in [-0.15, -0.1) is 11.3 Å². The van der Waals surface area contributed by atoms with Crippen molar-refractivity contribution in [2.45, 2.75) is 32.7 Å². The van der Waals surface area contributed by atoms with E-state index in [9.17, 15) is 4.79 Å². The predicted molar refractivity (Wildman–Crippen MR) is 68.1 cm³/mol. The van der Waals surface area contributed by atoms with Crippen LogP contribution < -0.4 is 10.6 Å². The van der Waals surface area contributed by atoms with E-state index >= 15 is 0 Å². The van der Waals surface area contributed by atoms with Crippen molar-refractivity contribution in [2.75, 3.05) is 11.9 Å². The first-order valence-corrected chi connectivity index (χ1v) is 6.51. The quantitative estimate of drug-likeness (QED) is 0.827. The fourth-order valence-electron chi connectivity index (χ4n) is 1.07. The molecule has 0 spiro atoms. The van der Waals surface area contributed by atoms with E-state index in [2.05, 4.69) is 15.6 Å². The predicted octanol–water partition coefficient (Wildman–Crippen LogP) is 2.51. The number of hydrogen-bond donors (Lipinski definition) is 2. The lowest BCUT2D eigenvalue weighted by atomic mass is 10.2. The van der Waals surface area contributed by atoms with Crippen molar-refractivity contribution >= 4 is 34.0 Å². The fraction of sp³-hybridized carbons (Fsp3) is 0.600. The van der Waals surface area contributed by atoms with Gasteiger partial charge in [-0.25, -0.2) is 4.98 Å². The van der Waals surface area contributed by atoms with Crippen LogP contribution in [0.15, 0.2) is 5.38 Å². The monoisotopic (exact) mass is 261 g/mol. The number of hydrogen-bond acceptors (Lipinski definition) is 4. The van der Waals surface area contributed by atoms with Gasteiger partial charge in [0.15, 0.2) is 5.13 Å². The van der Waals surface area contributed by atoms with Crippen molar-refractivity contribution in [3.8, 4) is 0 Å². The number of carbonyl (C=O) groups excluding carboxylic acids is 1. The highest BCUT2D eigenvalue weighted by Gasteiger charge is 2.05. The van der Waals surface area contributed by atoms with Crippen molar-refractivity contribution in [3.05, 3.63) is 10.5 Å². The summed E-state index contributed by atoms with van der Waals surface area (Å²) in [5.41, 5.74) is 0. The van der Waals surface area contributed by atoms with Crippen LogP contribution >= 0.6 is 22.9 Å². The van der Waals surface area contributed by atoms with Crippen molar-refractivity contribution in [3.63, 3.8) is 0 Å². The van der Waals surface area contributed by atoms with E-state index in [4.69, 9.17) is 11.6 Å². The Kier molecular flexibility index (Phi) is 5.55. The van der Waals surface area contributed by atoms with Gasteiger partial charge in [0.1, 0.15) is 5.15 Å². The highest BCUT2D eigenvalue weighted by Crippen LogP contribution is 2.18. The second kappa shape index (κ2) is 6.70. The average Bonchev–Trinajstić information content (AvgIpc) is 2.64. The molecule has 1 aromatic rings. The minimum atomic E-state index is 0.0597. The summed E-state index contributed by atoms with van der Waals surface area (Å²) in [5.74, 6) is 0.0597. The summed E-state index contributed by atoms with van der Waals surface area (Å²) in [5, 5.41) is 8.94. The summed E-state index contributed by atoms with van der Waals surface area (Å²) < 4.78 is 0. The number of halogens is 1. The maximum atomic E-state index is 11.4. The van der Waals surface area contributed by atoms with E-state index < -0.39 is 0 Å². The summed E-state index contributed by atoms with van der Waals surface area (Å²) in [6, 6.07) is 0.238. The third-order valence-corrected chi connectivity index (χ3v) is 3.25. The van der Waals surface area contributed by atoms with Crippen LogP contribution in [0.1, 0.15) is 26.7 Å². The molecule has 0 aliphatic carbocycles. The molecular weight excluding hydrogens is 246 g/mol. The van der Waals surface area contributed by atoms with Gasteiger partial charge < -0.3 is 10.6 Å². The zero-order valence-electron chi connectivity index (χ0n) is 9.42. The number of thiazole rings is 1. The Balaban J connectivity index is 2.18. The van der Waals surface area contributed by atoms with Gasteiger partial charge in [0, 0.05) is 24.4 Å². The maximum Gasteiger partial charge on any atom is 0.221 e. The molecule has 0 aliphatic rings. The molecule has 0 aromatic carbocycles. The molecule has 4 nitrogen and oxygen atoms in total. The number of carbonyl (C=O) groups is 1. The summed E-state index contributed by atoms with van der Waals surface area (Å²) in [6.45, 7) is 4.61. The molecular formula is C10H16ClN3OS. The summed E-state index contributed by atoms with van der Waals surface area (Å²) in [6.07, 6.45) is 1.39. The van der Waals surface area contributed by atoms with Crippen molar-refractivity contribution in [1.82, 2.24) is 10.3 Å². The lowest BCUT2D eigenvalue weighted by Crippen LogP contribution is -2.32. The van der Waals surface area contributed by atoms with E-state index in [0.29, 0.717) is 18.1 Å². The van der Waals surface area contributed by atoms with Gasteiger partial charge in [-0.1, -0.05) is 18.5 Å². The molecule has 1 aromatic heterocycles. The molecule has 90 valence electrons.